The maximum absolute atomic E-state index is 12.3. The van der Waals surface area contributed by atoms with Gasteiger partial charge in [0.25, 0.3) is 5.91 Å². The maximum atomic E-state index is 12.3. The Morgan fingerprint density at radius 3 is 2.54 bits per heavy atom. The number of rotatable bonds is 9. The van der Waals surface area contributed by atoms with E-state index in [1.165, 1.54) is 12.7 Å². The molecule has 2 aliphatic heterocycles. The first kappa shape index (κ1) is 24.9. The molecule has 0 spiro atoms. The number of anilines is 1. The Bertz CT molecular complexity index is 1120. The fourth-order valence-electron chi connectivity index (χ4n) is 4.32. The lowest BCUT2D eigenvalue weighted by Crippen LogP contribution is -2.48. The minimum absolute atomic E-state index is 0.131. The number of imidazole rings is 1. The van der Waals surface area contributed by atoms with Crippen molar-refractivity contribution in [2.24, 2.45) is 5.73 Å². The van der Waals surface area contributed by atoms with Crippen molar-refractivity contribution in [3.63, 3.8) is 0 Å². The van der Waals surface area contributed by atoms with Crippen molar-refractivity contribution in [2.75, 3.05) is 5.32 Å². The van der Waals surface area contributed by atoms with Crippen LogP contribution in [0.4, 0.5) is 5.82 Å². The highest BCUT2D eigenvalue weighted by Crippen LogP contribution is 2.45. The first-order chi connectivity index (χ1) is 16.6. The van der Waals surface area contributed by atoms with Crippen LogP contribution in [-0.4, -0.2) is 67.5 Å². The van der Waals surface area contributed by atoms with E-state index < -0.39 is 48.3 Å². The number of nitrogens with two attached hydrogens (primary N) is 1. The molecule has 5 atom stereocenters. The predicted octanol–water partition coefficient (Wildman–Crippen LogP) is 1.18. The molecule has 2 amide bonds. The number of amides is 2. The Balaban J connectivity index is 1.68. The Hall–Kier alpha value is -3.16. The highest BCUT2D eigenvalue weighted by Gasteiger charge is 2.59. The normalized spacial score (nSPS) is 25.8. The molecule has 35 heavy (non-hydrogen) atoms. The first-order valence-corrected chi connectivity index (χ1v) is 11.6. The van der Waals surface area contributed by atoms with Gasteiger partial charge in [0, 0.05) is 12.8 Å². The zero-order chi connectivity index (χ0) is 25.3. The first-order valence-electron chi connectivity index (χ1n) is 11.6. The summed E-state index contributed by atoms with van der Waals surface area (Å²) in [4.78, 5) is 49.4. The molecule has 0 radical (unpaired) electrons. The average molecular weight is 491 g/mol. The van der Waals surface area contributed by atoms with Gasteiger partial charge in [-0.05, 0) is 26.7 Å². The van der Waals surface area contributed by atoms with Crippen LogP contribution in [0.15, 0.2) is 12.7 Å². The molecule has 13 nitrogen and oxygen atoms in total. The van der Waals surface area contributed by atoms with Crippen LogP contribution in [0.25, 0.3) is 11.2 Å². The Kier molecular flexibility index (Phi) is 7.01. The van der Waals surface area contributed by atoms with E-state index in [0.717, 1.165) is 0 Å². The molecule has 2 fully saturated rings. The maximum Gasteiger partial charge on any atom is 0.306 e. The number of hydrogen-bond donors (Lipinski definition) is 2. The summed E-state index contributed by atoms with van der Waals surface area (Å²) in [5.74, 6) is -2.33. The molecule has 0 saturated carbocycles. The lowest BCUT2D eigenvalue weighted by atomic mass is 10.0. The van der Waals surface area contributed by atoms with Crippen LogP contribution < -0.4 is 11.1 Å². The Morgan fingerprint density at radius 2 is 1.86 bits per heavy atom. The molecule has 0 unspecified atom stereocenters. The van der Waals surface area contributed by atoms with Gasteiger partial charge in [0.1, 0.15) is 24.6 Å². The molecule has 2 aromatic heterocycles. The number of ether oxygens (including phenoxy) is 4. The van der Waals surface area contributed by atoms with Gasteiger partial charge >= 0.3 is 5.97 Å². The summed E-state index contributed by atoms with van der Waals surface area (Å²) in [5, 5.41) is 2.74. The number of nitrogens with one attached hydrogen (secondary N) is 1. The number of esters is 1. The lowest BCUT2D eigenvalue weighted by molar-refractivity contribution is -0.211. The van der Waals surface area contributed by atoms with Crippen molar-refractivity contribution in [3.05, 3.63) is 12.7 Å². The molecule has 3 N–H and O–H groups in total. The summed E-state index contributed by atoms with van der Waals surface area (Å²) in [6.45, 7) is 7.19. The van der Waals surface area contributed by atoms with E-state index in [2.05, 4.69) is 20.3 Å². The van der Waals surface area contributed by atoms with Gasteiger partial charge in [-0.3, -0.25) is 19.0 Å². The number of primary amides is 1. The Morgan fingerprint density at radius 1 is 1.14 bits per heavy atom. The molecule has 2 saturated heterocycles. The van der Waals surface area contributed by atoms with Gasteiger partial charge in [-0.15, -0.1) is 0 Å². The molecule has 0 bridgehead atoms. The summed E-state index contributed by atoms with van der Waals surface area (Å²) in [5.41, 5.74) is 6.32. The van der Waals surface area contributed by atoms with E-state index in [4.69, 9.17) is 24.7 Å². The van der Waals surface area contributed by atoms with Gasteiger partial charge in [0.05, 0.1) is 6.33 Å². The van der Waals surface area contributed by atoms with Crippen LogP contribution in [0.3, 0.4) is 0 Å². The van der Waals surface area contributed by atoms with E-state index in [1.807, 2.05) is 13.8 Å². The molecule has 0 aromatic carbocycles. The van der Waals surface area contributed by atoms with Crippen LogP contribution in [0.1, 0.15) is 59.6 Å². The molecular formula is C22H30N6O7. The monoisotopic (exact) mass is 490 g/mol. The van der Waals surface area contributed by atoms with Gasteiger partial charge < -0.3 is 30.0 Å². The number of aromatic nitrogens is 4. The second-order valence-corrected chi connectivity index (χ2v) is 8.96. The van der Waals surface area contributed by atoms with Crippen LogP contribution in [0.5, 0.6) is 0 Å². The molecule has 13 heteroatoms. The predicted molar refractivity (Wildman–Crippen MR) is 121 cm³/mol. The number of fused-ring (bicyclic) bond motifs is 2. The standard InChI is InChI=1S/C22H30N6O7/c1-5-7-11(29)27-19-13-20(25-9-24-19)28(10-26-13)21-17-15(34-22(3,4)35-17)14(33-21)16(18(23)31)32-12(30)8-6-2/h9-10,14-17,21H,5-8H2,1-4H3,(H2,23,31)(H,24,25,27,29)/t14-,15+,16-,17+,21+/m0/s1. The van der Waals surface area contributed by atoms with Crippen molar-refractivity contribution >= 4 is 34.8 Å². The third-order valence-corrected chi connectivity index (χ3v) is 5.72. The summed E-state index contributed by atoms with van der Waals surface area (Å²) >= 11 is 0. The molecule has 190 valence electrons. The SMILES string of the molecule is CCCC(=O)Nc1ncnc2c1ncn2[C@@H]1O[C@H]([C@H](OC(=O)CCC)C(N)=O)[C@H]2OC(C)(C)O[C@H]21. The number of nitrogens with zero attached hydrogens (tertiary/aromatic N) is 4. The van der Waals surface area contributed by atoms with E-state index in [-0.39, 0.29) is 18.1 Å². The molecule has 4 rings (SSSR count). The van der Waals surface area contributed by atoms with Crippen molar-refractivity contribution in [2.45, 2.75) is 89.8 Å². The van der Waals surface area contributed by atoms with Crippen molar-refractivity contribution < 1.29 is 33.3 Å². The fraction of sp³-hybridized carbons (Fsp3) is 0.636. The topological polar surface area (TPSA) is 170 Å². The largest absolute Gasteiger partial charge is 0.449 e. The summed E-state index contributed by atoms with van der Waals surface area (Å²) in [6, 6.07) is 0. The van der Waals surface area contributed by atoms with Crippen LogP contribution in [0.2, 0.25) is 0 Å². The highest BCUT2D eigenvalue weighted by atomic mass is 16.8. The highest BCUT2D eigenvalue weighted by molar-refractivity contribution is 5.96. The molecule has 2 aromatic rings. The van der Waals surface area contributed by atoms with Crippen LogP contribution in [0, 0.1) is 0 Å². The van der Waals surface area contributed by atoms with Crippen LogP contribution >= 0.6 is 0 Å². The van der Waals surface area contributed by atoms with Crippen molar-refractivity contribution in [1.29, 1.82) is 0 Å². The molecule has 0 aliphatic carbocycles. The summed E-state index contributed by atoms with van der Waals surface area (Å²) < 4.78 is 25.3. The minimum atomic E-state index is -1.38. The fourth-order valence-corrected chi connectivity index (χ4v) is 4.32. The lowest BCUT2D eigenvalue weighted by Gasteiger charge is -2.27. The minimum Gasteiger partial charge on any atom is -0.449 e. The third-order valence-electron chi connectivity index (χ3n) is 5.72. The van der Waals surface area contributed by atoms with E-state index >= 15 is 0 Å². The second-order valence-electron chi connectivity index (χ2n) is 8.96. The van der Waals surface area contributed by atoms with Gasteiger partial charge in [-0.1, -0.05) is 13.8 Å². The average Bonchev–Trinajstić information content (AvgIpc) is 3.43. The molecule has 4 heterocycles. The summed E-state index contributed by atoms with van der Waals surface area (Å²) in [7, 11) is 0. The smallest absolute Gasteiger partial charge is 0.306 e. The van der Waals surface area contributed by atoms with Crippen molar-refractivity contribution in [1.82, 2.24) is 19.5 Å². The van der Waals surface area contributed by atoms with Gasteiger partial charge in [0.2, 0.25) is 12.0 Å². The van der Waals surface area contributed by atoms with Crippen molar-refractivity contribution in [3.8, 4) is 0 Å². The van der Waals surface area contributed by atoms with E-state index in [9.17, 15) is 14.4 Å². The van der Waals surface area contributed by atoms with Gasteiger partial charge in [-0.25, -0.2) is 15.0 Å². The van der Waals surface area contributed by atoms with Gasteiger partial charge in [0.15, 0.2) is 29.0 Å². The number of carbonyl (C=O) groups is 3. The number of hydrogen-bond acceptors (Lipinski definition) is 10. The third kappa shape index (κ3) is 4.97. The zero-order valence-corrected chi connectivity index (χ0v) is 20.1. The van der Waals surface area contributed by atoms with Gasteiger partial charge in [-0.2, -0.15) is 0 Å². The quantitative estimate of drug-likeness (QED) is 0.487. The number of carbonyl (C=O) groups excluding carboxylic acids is 3. The zero-order valence-electron chi connectivity index (χ0n) is 20.1. The van der Waals surface area contributed by atoms with E-state index in [0.29, 0.717) is 30.4 Å². The molecular weight excluding hydrogens is 460 g/mol. The summed E-state index contributed by atoms with van der Waals surface area (Å²) in [6.07, 6.45) is -0.181. The Labute approximate surface area is 201 Å². The van der Waals surface area contributed by atoms with Crippen LogP contribution in [-0.2, 0) is 33.3 Å². The second kappa shape index (κ2) is 9.84. The van der Waals surface area contributed by atoms with E-state index in [1.54, 1.807) is 18.4 Å². The molecule has 2 aliphatic rings.